The lowest BCUT2D eigenvalue weighted by Gasteiger charge is -2.46. The Hall–Kier alpha value is -3.35. The van der Waals surface area contributed by atoms with Crippen LogP contribution in [-0.4, -0.2) is 140 Å². The van der Waals surface area contributed by atoms with Crippen molar-refractivity contribution in [1.82, 2.24) is 5.32 Å². The van der Waals surface area contributed by atoms with Gasteiger partial charge >= 0.3 is 0 Å². The number of ether oxygens (including phenoxy) is 4. The largest absolute Gasteiger partial charge is 0.394 e. The molecule has 0 radical (unpaired) electrons. The molecule has 92 heavy (non-hydrogen) atoms. The fourth-order valence-electron chi connectivity index (χ4n) is 11.6. The van der Waals surface area contributed by atoms with Crippen molar-refractivity contribution in [3.8, 4) is 0 Å². The van der Waals surface area contributed by atoms with Crippen molar-refractivity contribution in [3.63, 3.8) is 0 Å². The van der Waals surface area contributed by atoms with Crippen molar-refractivity contribution in [1.29, 1.82) is 0 Å². The molecular formula is C78H135NO13. The summed E-state index contributed by atoms with van der Waals surface area (Å²) in [5.41, 5.74) is 0. The highest BCUT2D eigenvalue weighted by Crippen LogP contribution is 2.30. The molecule has 0 aromatic heterocycles. The van der Waals surface area contributed by atoms with Crippen LogP contribution >= 0.6 is 0 Å². The van der Waals surface area contributed by atoms with Gasteiger partial charge in [0.2, 0.25) is 5.91 Å². The summed E-state index contributed by atoms with van der Waals surface area (Å²) in [6.07, 6.45) is 71.4. The monoisotopic (exact) mass is 1290 g/mol. The second-order valence-electron chi connectivity index (χ2n) is 25.7. The number of allylic oxidation sites excluding steroid dienone is 17. The zero-order valence-corrected chi connectivity index (χ0v) is 57.8. The number of carbonyl (C=O) groups is 1. The number of nitrogens with one attached hydrogen (secondary N) is 1. The van der Waals surface area contributed by atoms with Crippen LogP contribution in [0.5, 0.6) is 0 Å². The summed E-state index contributed by atoms with van der Waals surface area (Å²) in [7, 11) is 0. The van der Waals surface area contributed by atoms with Gasteiger partial charge in [-0.3, -0.25) is 4.79 Å². The van der Waals surface area contributed by atoms with Gasteiger partial charge in [-0.25, -0.2) is 0 Å². The van der Waals surface area contributed by atoms with E-state index in [1.54, 1.807) is 6.08 Å². The van der Waals surface area contributed by atoms with Gasteiger partial charge in [-0.2, -0.15) is 0 Å². The van der Waals surface area contributed by atoms with E-state index in [1.165, 1.54) is 167 Å². The first kappa shape index (κ1) is 84.7. The second-order valence-corrected chi connectivity index (χ2v) is 25.7. The van der Waals surface area contributed by atoms with Crippen LogP contribution in [0, 0.1) is 0 Å². The number of unbranched alkanes of at least 4 members (excludes halogenated alkanes) is 31. The maximum absolute atomic E-state index is 13.3. The molecule has 530 valence electrons. The van der Waals surface area contributed by atoms with Crippen LogP contribution in [-0.2, 0) is 23.7 Å². The van der Waals surface area contributed by atoms with Crippen molar-refractivity contribution in [3.05, 3.63) is 109 Å². The molecule has 2 aliphatic heterocycles. The molecule has 12 atom stereocenters. The summed E-state index contributed by atoms with van der Waals surface area (Å²) < 4.78 is 22.9. The molecule has 2 heterocycles. The van der Waals surface area contributed by atoms with E-state index in [0.717, 1.165) is 89.9 Å². The topological polar surface area (TPSA) is 228 Å². The number of rotatable bonds is 60. The summed E-state index contributed by atoms with van der Waals surface area (Å²) in [6, 6.07) is -0.921. The summed E-state index contributed by atoms with van der Waals surface area (Å²) in [5.74, 6) is -0.241. The van der Waals surface area contributed by atoms with Crippen molar-refractivity contribution < 1.29 is 64.6 Å². The zero-order chi connectivity index (χ0) is 66.6. The Morgan fingerprint density at radius 2 is 0.750 bits per heavy atom. The third-order valence-corrected chi connectivity index (χ3v) is 17.5. The van der Waals surface area contributed by atoms with Gasteiger partial charge in [-0.15, -0.1) is 0 Å². The third kappa shape index (κ3) is 44.4. The number of aliphatic hydroxyl groups excluding tert-OH is 8. The molecule has 0 saturated carbocycles. The van der Waals surface area contributed by atoms with Gasteiger partial charge in [0.25, 0.3) is 0 Å². The van der Waals surface area contributed by atoms with Crippen molar-refractivity contribution in [2.45, 2.75) is 357 Å². The summed E-state index contributed by atoms with van der Waals surface area (Å²) in [6.45, 7) is 2.70. The highest BCUT2D eigenvalue weighted by Gasteiger charge is 2.51. The van der Waals surface area contributed by atoms with Crippen LogP contribution in [0.15, 0.2) is 109 Å². The lowest BCUT2D eigenvalue weighted by molar-refractivity contribution is -0.359. The third-order valence-electron chi connectivity index (χ3n) is 17.5. The number of hydrogen-bond acceptors (Lipinski definition) is 13. The maximum atomic E-state index is 13.3. The van der Waals surface area contributed by atoms with E-state index in [2.05, 4.69) is 116 Å². The minimum Gasteiger partial charge on any atom is -0.394 e. The van der Waals surface area contributed by atoms with E-state index in [-0.39, 0.29) is 18.9 Å². The van der Waals surface area contributed by atoms with Crippen molar-refractivity contribution in [2.75, 3.05) is 19.8 Å². The Labute approximate surface area is 559 Å². The molecule has 2 saturated heterocycles. The van der Waals surface area contributed by atoms with Crippen LogP contribution in [0.4, 0.5) is 0 Å². The van der Waals surface area contributed by atoms with Gasteiger partial charge < -0.3 is 65.1 Å². The molecule has 2 rings (SSSR count). The van der Waals surface area contributed by atoms with E-state index in [0.29, 0.717) is 6.42 Å². The molecule has 14 nitrogen and oxygen atoms in total. The first-order valence-electron chi connectivity index (χ1n) is 37.1. The zero-order valence-electron chi connectivity index (χ0n) is 57.8. The van der Waals surface area contributed by atoms with E-state index in [9.17, 15) is 45.6 Å². The van der Waals surface area contributed by atoms with Gasteiger partial charge in [0, 0.05) is 6.42 Å². The van der Waals surface area contributed by atoms with E-state index in [4.69, 9.17) is 18.9 Å². The second kappa shape index (κ2) is 61.3. The first-order valence-corrected chi connectivity index (χ1v) is 37.1. The van der Waals surface area contributed by atoms with Crippen LogP contribution in [0.1, 0.15) is 284 Å². The molecule has 0 aromatic rings. The van der Waals surface area contributed by atoms with Crippen LogP contribution in [0.2, 0.25) is 0 Å². The normalized spacial score (nSPS) is 23.3. The van der Waals surface area contributed by atoms with Gasteiger partial charge in [0.05, 0.1) is 32.0 Å². The number of hydrogen-bond donors (Lipinski definition) is 9. The Kier molecular flexibility index (Phi) is 56.4. The Morgan fingerprint density at radius 1 is 0.402 bits per heavy atom. The summed E-state index contributed by atoms with van der Waals surface area (Å²) >= 11 is 0. The average molecular weight is 1290 g/mol. The predicted octanol–water partition coefficient (Wildman–Crippen LogP) is 15.9. The lowest BCUT2D eigenvalue weighted by Crippen LogP contribution is -2.65. The van der Waals surface area contributed by atoms with Gasteiger partial charge in [-0.05, 0) is 83.5 Å². The quantitative estimate of drug-likeness (QED) is 0.0204. The fourth-order valence-corrected chi connectivity index (χ4v) is 11.6. The molecule has 0 aromatic carbocycles. The first-order chi connectivity index (χ1) is 45.1. The summed E-state index contributed by atoms with van der Waals surface area (Å²) in [4.78, 5) is 13.3. The Bertz CT molecular complexity index is 1960. The molecular weight excluding hydrogens is 1160 g/mol. The SMILES string of the molecule is CC/C=C\C/C=C\C/C=C\C/C=C\C/C=C\C/C=C\C/C=C\C/C=C\CCCCCCCCCCCCCCCCC(=O)NC(COC1OC(CO)C(OC2OC(CO)C(O)C(O)C2O)C(O)C1O)C(O)/C=C/CCCCCCCCCCCCCCCCCCC. The molecule has 9 N–H and O–H groups in total. The van der Waals surface area contributed by atoms with Gasteiger partial charge in [0.1, 0.15) is 48.8 Å². The number of carbonyl (C=O) groups excluding carboxylic acids is 1. The maximum Gasteiger partial charge on any atom is 0.220 e. The predicted molar refractivity (Wildman–Crippen MR) is 378 cm³/mol. The van der Waals surface area contributed by atoms with Crippen molar-refractivity contribution in [2.24, 2.45) is 0 Å². The van der Waals surface area contributed by atoms with Gasteiger partial charge in [-0.1, -0.05) is 303 Å². The molecule has 0 bridgehead atoms. The van der Waals surface area contributed by atoms with Gasteiger partial charge in [0.15, 0.2) is 12.6 Å². The number of aliphatic hydroxyl groups is 8. The highest BCUT2D eigenvalue weighted by atomic mass is 16.7. The standard InChI is InChI=1S/C78H135NO13/c1-3-5-7-9-11-13-15-17-19-21-23-24-25-26-27-28-29-30-31-32-33-34-35-36-37-38-39-40-41-42-44-46-48-50-52-54-56-58-60-62-70(83)79-66(67(82)61-59-57-55-53-51-49-47-45-43-22-20-18-16-14-12-10-8-6-4-2)65-89-77-75(88)73(86)76(69(64-81)91-77)92-78-74(87)72(85)71(84)68(63-80)90-78/h5,7,11,13,17,19,23-24,26-27,29-30,32-33,35-36,59,61,66-69,71-78,80-82,84-88H,3-4,6,8-10,12,14-16,18,20-22,25,28,31,34,37-58,60,62-65H2,1-2H3,(H,79,83)/b7-5-,13-11-,19-17-,24-23-,27-26-,30-29-,33-32-,36-35-,61-59+. The molecule has 2 fully saturated rings. The molecule has 2 aliphatic rings. The summed E-state index contributed by atoms with van der Waals surface area (Å²) in [5, 5.41) is 87.5. The van der Waals surface area contributed by atoms with E-state index < -0.39 is 86.8 Å². The Balaban J connectivity index is 1.62. The fraction of sp³-hybridized carbons (Fsp3) is 0.756. The number of amides is 1. The minimum atomic E-state index is -1.79. The molecule has 14 heteroatoms. The smallest absolute Gasteiger partial charge is 0.220 e. The molecule has 1 amide bonds. The average Bonchev–Trinajstić information content (AvgIpc) is 1.05. The lowest BCUT2D eigenvalue weighted by atomic mass is 9.97. The molecule has 0 spiro atoms. The van der Waals surface area contributed by atoms with E-state index in [1.807, 2.05) is 6.08 Å². The van der Waals surface area contributed by atoms with Crippen LogP contribution in [0.25, 0.3) is 0 Å². The van der Waals surface area contributed by atoms with Crippen LogP contribution in [0.3, 0.4) is 0 Å². The Morgan fingerprint density at radius 3 is 1.15 bits per heavy atom. The minimum absolute atomic E-state index is 0.241. The van der Waals surface area contributed by atoms with Crippen molar-refractivity contribution >= 4 is 5.91 Å². The highest BCUT2D eigenvalue weighted by molar-refractivity contribution is 5.76. The van der Waals surface area contributed by atoms with E-state index >= 15 is 0 Å². The van der Waals surface area contributed by atoms with Crippen LogP contribution < -0.4 is 5.32 Å². The molecule has 12 unspecified atom stereocenters. The molecule has 0 aliphatic carbocycles.